The summed E-state index contributed by atoms with van der Waals surface area (Å²) in [5, 5.41) is 9.63. The van der Waals surface area contributed by atoms with Crippen molar-refractivity contribution < 1.29 is 33.7 Å². The zero-order valence-corrected chi connectivity index (χ0v) is 22.6. The lowest BCUT2D eigenvalue weighted by molar-refractivity contribution is -0.166. The van der Waals surface area contributed by atoms with Gasteiger partial charge in [0.15, 0.2) is 0 Å². The first kappa shape index (κ1) is 27.0. The number of carbonyl (C=O) groups is 3. The third-order valence-corrected chi connectivity index (χ3v) is 9.79. The van der Waals surface area contributed by atoms with Crippen LogP contribution in [0.2, 0.25) is 0 Å². The van der Waals surface area contributed by atoms with Crippen LogP contribution in [0.3, 0.4) is 0 Å². The van der Waals surface area contributed by atoms with Crippen molar-refractivity contribution in [2.24, 2.45) is 11.7 Å². The first-order valence-corrected chi connectivity index (χ1v) is 14.0. The van der Waals surface area contributed by atoms with E-state index in [1.54, 1.807) is 12.0 Å². The third-order valence-electron chi connectivity index (χ3n) is 8.25. The molecule has 1 aliphatic carbocycles. The molecule has 1 aromatic carbocycles. The summed E-state index contributed by atoms with van der Waals surface area (Å²) >= 11 is 1.42. The van der Waals surface area contributed by atoms with Gasteiger partial charge in [0.1, 0.15) is 17.4 Å². The molecular weight excluding hydrogens is 510 g/mol. The van der Waals surface area contributed by atoms with Crippen molar-refractivity contribution in [3.8, 4) is 5.75 Å². The minimum absolute atomic E-state index is 0.0697. The number of imide groups is 1. The van der Waals surface area contributed by atoms with Gasteiger partial charge < -0.3 is 30.0 Å². The first-order valence-electron chi connectivity index (χ1n) is 13.1. The maximum Gasteiger partial charge on any atom is 0.330 e. The highest BCUT2D eigenvalue weighted by molar-refractivity contribution is 8.04. The second kappa shape index (κ2) is 10.9. The van der Waals surface area contributed by atoms with Gasteiger partial charge in [0.05, 0.1) is 31.1 Å². The molecule has 3 fully saturated rings. The summed E-state index contributed by atoms with van der Waals surface area (Å²) in [4.78, 5) is 43.9. The normalized spacial score (nSPS) is 26.3. The van der Waals surface area contributed by atoms with Gasteiger partial charge in [-0.2, -0.15) is 0 Å². The Bertz CT molecular complexity index is 1130. The van der Waals surface area contributed by atoms with Crippen LogP contribution in [0.4, 0.5) is 4.79 Å². The Kier molecular flexibility index (Phi) is 7.72. The van der Waals surface area contributed by atoms with Crippen LogP contribution in [0.1, 0.15) is 50.7 Å². The maximum atomic E-state index is 14.1. The van der Waals surface area contributed by atoms with Gasteiger partial charge >= 0.3 is 12.0 Å². The zero-order valence-electron chi connectivity index (χ0n) is 21.8. The van der Waals surface area contributed by atoms with E-state index >= 15 is 0 Å². The van der Waals surface area contributed by atoms with E-state index in [1.807, 2.05) is 31.2 Å². The second-order valence-corrected chi connectivity index (χ2v) is 11.5. The lowest BCUT2D eigenvalue weighted by Gasteiger charge is -2.52. The second-order valence-electron chi connectivity index (χ2n) is 10.3. The Balaban J connectivity index is 1.54. The van der Waals surface area contributed by atoms with Crippen LogP contribution < -0.4 is 10.5 Å². The number of carboxylic acids is 1. The van der Waals surface area contributed by atoms with E-state index in [9.17, 15) is 19.5 Å². The Labute approximate surface area is 226 Å². The summed E-state index contributed by atoms with van der Waals surface area (Å²) in [6.07, 6.45) is 1.97. The van der Waals surface area contributed by atoms with Crippen LogP contribution in [0.25, 0.3) is 0 Å². The summed E-state index contributed by atoms with van der Waals surface area (Å²) in [6, 6.07) is 6.94. The highest BCUT2D eigenvalue weighted by Crippen LogP contribution is 2.51. The summed E-state index contributed by atoms with van der Waals surface area (Å²) in [7, 11) is 1.59. The number of nitrogens with zero attached hydrogens (tertiary/aromatic N) is 2. The molecule has 1 aromatic rings. The average molecular weight is 546 g/mol. The Morgan fingerprint density at radius 2 is 1.97 bits per heavy atom. The van der Waals surface area contributed by atoms with Gasteiger partial charge in [0, 0.05) is 30.2 Å². The van der Waals surface area contributed by atoms with Crippen molar-refractivity contribution in [2.45, 2.75) is 62.1 Å². The molecule has 0 spiro atoms. The minimum atomic E-state index is -1.52. The summed E-state index contributed by atoms with van der Waals surface area (Å²) in [5.74, 6) is -1.62. The quantitative estimate of drug-likeness (QED) is 0.480. The topological polar surface area (TPSA) is 132 Å². The van der Waals surface area contributed by atoms with Gasteiger partial charge in [-0.05, 0) is 50.7 Å². The van der Waals surface area contributed by atoms with E-state index in [2.05, 4.69) is 0 Å². The number of hydrogen-bond donors (Lipinski definition) is 2. The predicted molar refractivity (Wildman–Crippen MR) is 140 cm³/mol. The molecule has 0 aromatic heterocycles. The molecular formula is C27H35N3O7S. The number of nitrogens with two attached hydrogens (primary N) is 1. The molecule has 4 aliphatic rings. The van der Waals surface area contributed by atoms with Gasteiger partial charge in [-0.3, -0.25) is 4.79 Å². The highest BCUT2D eigenvalue weighted by atomic mass is 32.2. The number of methoxy groups -OCH3 is 1. The Hall–Kier alpha value is -2.60. The van der Waals surface area contributed by atoms with Crippen molar-refractivity contribution in [3.63, 3.8) is 0 Å². The lowest BCUT2D eigenvalue weighted by Crippen LogP contribution is -2.71. The lowest BCUT2D eigenvalue weighted by atomic mass is 9.74. The number of carboxylic acid groups (broad SMARTS) is 1. The first-order chi connectivity index (χ1) is 18.3. The number of carbonyl (C=O) groups excluding carboxylic acids is 2. The number of para-hydroxylation sites is 1. The molecule has 3 heterocycles. The smallest absolute Gasteiger partial charge is 0.330 e. The highest BCUT2D eigenvalue weighted by Gasteiger charge is 2.61. The van der Waals surface area contributed by atoms with Crippen molar-refractivity contribution in [2.75, 3.05) is 33.4 Å². The number of amides is 3. The fourth-order valence-corrected chi connectivity index (χ4v) is 7.38. The molecule has 3 atom stereocenters. The maximum absolute atomic E-state index is 14.1. The van der Waals surface area contributed by atoms with Crippen LogP contribution in [-0.4, -0.2) is 83.2 Å². The average Bonchev–Trinajstić information content (AvgIpc) is 3.23. The fraction of sp³-hybridized carbons (Fsp3) is 0.593. The van der Waals surface area contributed by atoms with Crippen molar-refractivity contribution >= 4 is 29.7 Å². The summed E-state index contributed by atoms with van der Waals surface area (Å²) in [6.45, 7) is 3.43. The summed E-state index contributed by atoms with van der Waals surface area (Å²) in [5.41, 5.74) is 6.08. The standard InChI is InChI=1S/C27H35N3O7S/c1-16-21(14-28)38-24-22(16)23(31)30(27(25(32)33)10-5-11-27)26(34)29(24)15-20(37-17-8-12-36-13-9-17)18-6-3-4-7-19(18)35-2/h3-4,6-7,17,20,22,24H,5,8-15,28H2,1-2H3,(H,32,33)/t20-,22?,24?/m0/s1. The Morgan fingerprint density at radius 1 is 1.26 bits per heavy atom. The minimum Gasteiger partial charge on any atom is -0.496 e. The largest absolute Gasteiger partial charge is 0.496 e. The Morgan fingerprint density at radius 3 is 2.58 bits per heavy atom. The molecule has 10 nitrogen and oxygen atoms in total. The van der Waals surface area contributed by atoms with E-state index in [0.29, 0.717) is 25.4 Å². The molecule has 0 bridgehead atoms. The van der Waals surface area contributed by atoms with Gasteiger partial charge in [-0.15, -0.1) is 11.8 Å². The molecule has 3 N–H and O–H groups in total. The molecule has 1 saturated carbocycles. The molecule has 0 radical (unpaired) electrons. The van der Waals surface area contributed by atoms with Gasteiger partial charge in [0.2, 0.25) is 5.91 Å². The van der Waals surface area contributed by atoms with Crippen LogP contribution in [0, 0.1) is 5.92 Å². The van der Waals surface area contributed by atoms with Crippen LogP contribution in [0.5, 0.6) is 5.75 Å². The SMILES string of the molecule is COc1ccccc1[C@H](CN1C(=O)N(C2(C(=O)O)CCC2)C(=O)C2C(C)=C(CN)SC21)OC1CCOCC1. The number of aliphatic carboxylic acids is 1. The molecule has 38 heavy (non-hydrogen) atoms. The van der Waals surface area contributed by atoms with E-state index in [0.717, 1.165) is 33.8 Å². The fourth-order valence-electron chi connectivity index (χ4n) is 5.92. The number of benzene rings is 1. The van der Waals surface area contributed by atoms with Gasteiger partial charge in [-0.1, -0.05) is 18.2 Å². The molecule has 2 saturated heterocycles. The van der Waals surface area contributed by atoms with Gasteiger partial charge in [0.25, 0.3) is 0 Å². The molecule has 206 valence electrons. The monoisotopic (exact) mass is 545 g/mol. The van der Waals surface area contributed by atoms with E-state index in [1.165, 1.54) is 11.8 Å². The van der Waals surface area contributed by atoms with E-state index < -0.39 is 40.8 Å². The van der Waals surface area contributed by atoms with Crippen LogP contribution >= 0.6 is 11.8 Å². The number of urea groups is 1. The van der Waals surface area contributed by atoms with E-state index in [-0.39, 0.29) is 32.0 Å². The number of thioether (sulfide) groups is 1. The third kappa shape index (κ3) is 4.49. The number of rotatable bonds is 9. The molecule has 3 aliphatic heterocycles. The number of ether oxygens (including phenoxy) is 3. The number of hydrogen-bond acceptors (Lipinski definition) is 8. The molecule has 5 rings (SSSR count). The number of fused-ring (bicyclic) bond motifs is 1. The van der Waals surface area contributed by atoms with Gasteiger partial charge in [-0.25, -0.2) is 14.5 Å². The molecule has 3 amide bonds. The molecule has 2 unspecified atom stereocenters. The summed E-state index contributed by atoms with van der Waals surface area (Å²) < 4.78 is 17.8. The molecule has 11 heteroatoms. The van der Waals surface area contributed by atoms with Crippen LogP contribution in [-0.2, 0) is 19.1 Å². The predicted octanol–water partition coefficient (Wildman–Crippen LogP) is 3.13. The van der Waals surface area contributed by atoms with Crippen LogP contribution in [0.15, 0.2) is 34.7 Å². The van der Waals surface area contributed by atoms with Crippen molar-refractivity contribution in [1.29, 1.82) is 0 Å². The van der Waals surface area contributed by atoms with Crippen molar-refractivity contribution in [1.82, 2.24) is 9.80 Å². The zero-order chi connectivity index (χ0) is 27.0. The van der Waals surface area contributed by atoms with E-state index in [4.69, 9.17) is 19.9 Å². The van der Waals surface area contributed by atoms with Crippen molar-refractivity contribution in [3.05, 3.63) is 40.3 Å².